The van der Waals surface area contributed by atoms with E-state index in [1.165, 1.54) is 24.2 Å². The fourth-order valence-electron chi connectivity index (χ4n) is 4.37. The molecule has 8 nitrogen and oxygen atoms in total. The smallest absolute Gasteiger partial charge is 0.333 e. The van der Waals surface area contributed by atoms with Gasteiger partial charge >= 0.3 is 5.69 Å². The van der Waals surface area contributed by atoms with Crippen LogP contribution in [0, 0.1) is 11.3 Å². The van der Waals surface area contributed by atoms with Gasteiger partial charge in [0.2, 0.25) is 11.8 Å². The zero-order valence-electron chi connectivity index (χ0n) is 17.0. The van der Waals surface area contributed by atoms with Gasteiger partial charge in [-0.3, -0.25) is 13.9 Å². The van der Waals surface area contributed by atoms with Crippen LogP contribution >= 0.6 is 0 Å². The van der Waals surface area contributed by atoms with Crippen molar-refractivity contribution in [3.8, 4) is 11.9 Å². The SMILES string of the molecule is Cn1c2c(c(=O)n(C)c1=O)C(c1ccc(C3CC3c3ccccc3)o1)C(C#N)=C(N)O2. The highest BCUT2D eigenvalue weighted by atomic mass is 16.5. The Kier molecular flexibility index (Phi) is 4.15. The number of ether oxygens (including phenoxy) is 1. The van der Waals surface area contributed by atoms with Gasteiger partial charge in [0.1, 0.15) is 23.2 Å². The van der Waals surface area contributed by atoms with Gasteiger partial charge in [-0.1, -0.05) is 30.3 Å². The molecule has 0 saturated heterocycles. The minimum Gasteiger partial charge on any atom is -0.465 e. The number of nitrogens with zero attached hydrogens (tertiary/aromatic N) is 3. The van der Waals surface area contributed by atoms with E-state index in [0.29, 0.717) is 11.7 Å². The van der Waals surface area contributed by atoms with Crippen LogP contribution in [0.1, 0.15) is 46.8 Å². The molecule has 1 aromatic carbocycles. The summed E-state index contributed by atoms with van der Waals surface area (Å²) in [4.78, 5) is 25.3. The van der Waals surface area contributed by atoms with Crippen molar-refractivity contribution in [3.63, 3.8) is 0 Å². The predicted molar refractivity (Wildman–Crippen MR) is 111 cm³/mol. The number of fused-ring (bicyclic) bond motifs is 1. The van der Waals surface area contributed by atoms with Crippen LogP contribution in [0.5, 0.6) is 5.88 Å². The van der Waals surface area contributed by atoms with Crippen molar-refractivity contribution in [2.45, 2.75) is 24.2 Å². The predicted octanol–water partition coefficient (Wildman–Crippen LogP) is 2.17. The summed E-state index contributed by atoms with van der Waals surface area (Å²) in [7, 11) is 2.88. The van der Waals surface area contributed by atoms with Gasteiger partial charge in [-0.15, -0.1) is 0 Å². The van der Waals surface area contributed by atoms with E-state index < -0.39 is 17.2 Å². The number of nitrogens with two attached hydrogens (primary N) is 1. The molecule has 1 saturated carbocycles. The fourth-order valence-corrected chi connectivity index (χ4v) is 4.37. The van der Waals surface area contributed by atoms with Crippen molar-refractivity contribution in [2.75, 3.05) is 0 Å². The van der Waals surface area contributed by atoms with E-state index in [2.05, 4.69) is 12.1 Å². The molecule has 2 aromatic heterocycles. The average molecular weight is 416 g/mol. The molecule has 156 valence electrons. The molecule has 2 aliphatic rings. The van der Waals surface area contributed by atoms with Gasteiger partial charge in [-0.2, -0.15) is 5.26 Å². The summed E-state index contributed by atoms with van der Waals surface area (Å²) in [5.41, 5.74) is 6.40. The van der Waals surface area contributed by atoms with E-state index >= 15 is 0 Å². The Morgan fingerprint density at radius 2 is 1.74 bits per heavy atom. The number of benzene rings is 1. The van der Waals surface area contributed by atoms with Crippen molar-refractivity contribution in [3.05, 3.63) is 97.4 Å². The van der Waals surface area contributed by atoms with Crippen molar-refractivity contribution in [1.29, 1.82) is 5.26 Å². The number of nitriles is 1. The normalized spacial score (nSPS) is 21.9. The summed E-state index contributed by atoms with van der Waals surface area (Å²) in [5.74, 6) is 0.887. The van der Waals surface area contributed by atoms with Crippen molar-refractivity contribution >= 4 is 0 Å². The Labute approximate surface area is 177 Å². The summed E-state index contributed by atoms with van der Waals surface area (Å²) in [6.07, 6.45) is 0.973. The van der Waals surface area contributed by atoms with E-state index in [0.717, 1.165) is 16.7 Å². The molecule has 3 atom stereocenters. The van der Waals surface area contributed by atoms with Crippen LogP contribution < -0.4 is 21.7 Å². The van der Waals surface area contributed by atoms with Crippen molar-refractivity contribution in [1.82, 2.24) is 9.13 Å². The Hall–Kier alpha value is -3.99. The van der Waals surface area contributed by atoms with Gasteiger partial charge in [0.25, 0.3) is 5.56 Å². The van der Waals surface area contributed by atoms with Crippen LogP contribution in [0.3, 0.4) is 0 Å². The van der Waals surface area contributed by atoms with E-state index in [-0.39, 0.29) is 28.8 Å². The highest BCUT2D eigenvalue weighted by Gasteiger charge is 2.43. The Bertz CT molecular complexity index is 1390. The van der Waals surface area contributed by atoms with Crippen molar-refractivity contribution in [2.24, 2.45) is 19.8 Å². The second-order valence-electron chi connectivity index (χ2n) is 7.95. The average Bonchev–Trinajstić information content (AvgIpc) is 3.44. The second kappa shape index (κ2) is 6.77. The third-order valence-corrected chi connectivity index (χ3v) is 6.13. The van der Waals surface area contributed by atoms with Crippen LogP contribution in [-0.2, 0) is 14.1 Å². The minimum absolute atomic E-state index is 0.0288. The first-order chi connectivity index (χ1) is 14.9. The quantitative estimate of drug-likeness (QED) is 0.699. The molecule has 3 unspecified atom stereocenters. The zero-order valence-corrected chi connectivity index (χ0v) is 17.0. The highest BCUT2D eigenvalue weighted by Crippen LogP contribution is 2.55. The summed E-state index contributed by atoms with van der Waals surface area (Å²) in [6.45, 7) is 0. The van der Waals surface area contributed by atoms with E-state index in [1.54, 1.807) is 6.07 Å². The van der Waals surface area contributed by atoms with E-state index in [1.807, 2.05) is 30.3 Å². The third-order valence-electron chi connectivity index (χ3n) is 6.13. The lowest BCUT2D eigenvalue weighted by molar-refractivity contribution is 0.340. The van der Waals surface area contributed by atoms with Crippen LogP contribution in [0.4, 0.5) is 0 Å². The molecule has 1 fully saturated rings. The highest BCUT2D eigenvalue weighted by molar-refractivity contribution is 5.51. The lowest BCUT2D eigenvalue weighted by Crippen LogP contribution is -2.42. The monoisotopic (exact) mass is 416 g/mol. The summed E-state index contributed by atoms with van der Waals surface area (Å²) in [6, 6.07) is 15.9. The molecular weight excluding hydrogens is 396 g/mol. The van der Waals surface area contributed by atoms with Gasteiger partial charge in [0.15, 0.2) is 0 Å². The van der Waals surface area contributed by atoms with Gasteiger partial charge in [0, 0.05) is 20.0 Å². The fraction of sp³-hybridized carbons (Fsp3) is 0.261. The standard InChI is InChI=1S/C23H20N4O4/c1-26-21(28)19-18(15(11-24)20(25)31-22(19)27(2)23(26)29)17-9-8-16(30-17)14-10-13(14)12-6-4-3-5-7-12/h3-9,13-14,18H,10,25H2,1-2H3. The van der Waals surface area contributed by atoms with Crippen LogP contribution in [0.2, 0.25) is 0 Å². The van der Waals surface area contributed by atoms with Gasteiger partial charge in [0.05, 0.1) is 11.5 Å². The number of rotatable bonds is 3. The minimum atomic E-state index is -0.845. The molecule has 0 amide bonds. The molecule has 0 radical (unpaired) electrons. The molecule has 1 aliphatic heterocycles. The maximum absolute atomic E-state index is 13.0. The molecule has 3 heterocycles. The molecule has 1 aliphatic carbocycles. The lowest BCUT2D eigenvalue weighted by atomic mass is 9.89. The molecule has 8 heteroatoms. The molecule has 0 bridgehead atoms. The summed E-state index contributed by atoms with van der Waals surface area (Å²) < 4.78 is 13.9. The van der Waals surface area contributed by atoms with Gasteiger partial charge in [-0.05, 0) is 30.0 Å². The second-order valence-corrected chi connectivity index (χ2v) is 7.95. The molecule has 31 heavy (non-hydrogen) atoms. The van der Waals surface area contributed by atoms with Crippen LogP contribution in [0.25, 0.3) is 0 Å². The topological polar surface area (TPSA) is 116 Å². The van der Waals surface area contributed by atoms with Crippen LogP contribution in [0.15, 0.2) is 67.9 Å². The number of aromatic nitrogens is 2. The molecule has 3 aromatic rings. The first-order valence-corrected chi connectivity index (χ1v) is 9.94. The first kappa shape index (κ1) is 19.0. The molecular formula is C23H20N4O4. The third kappa shape index (κ3) is 2.81. The zero-order chi connectivity index (χ0) is 21.9. The first-order valence-electron chi connectivity index (χ1n) is 9.94. The number of hydrogen-bond donors (Lipinski definition) is 1. The lowest BCUT2D eigenvalue weighted by Gasteiger charge is -2.25. The van der Waals surface area contributed by atoms with Crippen LogP contribution in [-0.4, -0.2) is 9.13 Å². The number of allylic oxidation sites excluding steroid dienone is 1. The summed E-state index contributed by atoms with van der Waals surface area (Å²) >= 11 is 0. The summed E-state index contributed by atoms with van der Waals surface area (Å²) in [5, 5.41) is 9.73. The van der Waals surface area contributed by atoms with Gasteiger partial charge < -0.3 is 14.9 Å². The molecule has 2 N–H and O–H groups in total. The van der Waals surface area contributed by atoms with E-state index in [9.17, 15) is 14.9 Å². The van der Waals surface area contributed by atoms with E-state index in [4.69, 9.17) is 14.9 Å². The molecule has 5 rings (SSSR count). The largest absolute Gasteiger partial charge is 0.465 e. The number of furan rings is 1. The number of hydrogen-bond acceptors (Lipinski definition) is 6. The maximum atomic E-state index is 13.0. The maximum Gasteiger partial charge on any atom is 0.333 e. The van der Waals surface area contributed by atoms with Crippen molar-refractivity contribution < 1.29 is 9.15 Å². The Morgan fingerprint density at radius 1 is 1.03 bits per heavy atom. The Balaban J connectivity index is 1.60. The Morgan fingerprint density at radius 3 is 2.45 bits per heavy atom. The van der Waals surface area contributed by atoms with Gasteiger partial charge in [-0.25, -0.2) is 4.79 Å². The molecule has 0 spiro atoms.